The second-order valence-electron chi connectivity index (χ2n) is 6.45. The minimum Gasteiger partial charge on any atom is -0.464 e. The van der Waals surface area contributed by atoms with Crippen molar-refractivity contribution >= 4 is 28.5 Å². The number of aryl methyl sites for hydroxylation is 1. The van der Waals surface area contributed by atoms with Gasteiger partial charge in [-0.3, -0.25) is 10.1 Å². The lowest BCUT2D eigenvalue weighted by atomic mass is 10.1. The molecular formula is C22H17FN2O2S. The molecular weight excluding hydrogens is 375 g/mol. The Morgan fingerprint density at radius 2 is 2.04 bits per heavy atom. The highest BCUT2D eigenvalue weighted by atomic mass is 32.1. The van der Waals surface area contributed by atoms with Crippen molar-refractivity contribution in [2.75, 3.05) is 5.32 Å². The van der Waals surface area contributed by atoms with Gasteiger partial charge in [-0.05, 0) is 48.4 Å². The fourth-order valence-corrected chi connectivity index (χ4v) is 3.66. The maximum Gasteiger partial charge on any atom is 0.257 e. The number of thiazole rings is 1. The maximum atomic E-state index is 13.0. The van der Waals surface area contributed by atoms with Gasteiger partial charge in [0.1, 0.15) is 11.6 Å². The summed E-state index contributed by atoms with van der Waals surface area (Å²) in [5, 5.41) is 3.35. The highest BCUT2D eigenvalue weighted by molar-refractivity contribution is 7.15. The monoisotopic (exact) mass is 392 g/mol. The normalized spacial score (nSPS) is 12.6. The van der Waals surface area contributed by atoms with Crippen molar-refractivity contribution in [1.82, 2.24) is 4.98 Å². The van der Waals surface area contributed by atoms with Crippen LogP contribution in [0, 0.1) is 12.7 Å². The molecule has 0 saturated carbocycles. The standard InChI is InChI=1S/C22H17FN2O2S/c1-14-2-5-16-12-17(8-9-27-20(16)10-14)21(26)25-22-24-13-19(28-22)11-15-3-6-18(23)7-4-15/h2-10,12-13H,11H2,1H3,(H,24,25,26). The van der Waals surface area contributed by atoms with Crippen LogP contribution < -0.4 is 10.1 Å². The molecule has 1 aromatic heterocycles. The number of carbonyl (C=O) groups excluding carboxylic acids is 1. The van der Waals surface area contributed by atoms with Gasteiger partial charge < -0.3 is 4.74 Å². The molecule has 1 amide bonds. The Hall–Kier alpha value is -3.25. The van der Waals surface area contributed by atoms with Gasteiger partial charge >= 0.3 is 0 Å². The molecule has 1 aliphatic heterocycles. The van der Waals surface area contributed by atoms with Gasteiger partial charge in [0, 0.05) is 28.6 Å². The zero-order valence-corrected chi connectivity index (χ0v) is 15.9. The number of hydrogen-bond donors (Lipinski definition) is 1. The van der Waals surface area contributed by atoms with E-state index in [1.165, 1.54) is 29.7 Å². The fraction of sp³-hybridized carbons (Fsp3) is 0.0909. The molecule has 0 unspecified atom stereocenters. The van der Waals surface area contributed by atoms with Crippen molar-refractivity contribution in [2.24, 2.45) is 0 Å². The predicted molar refractivity (Wildman–Crippen MR) is 109 cm³/mol. The van der Waals surface area contributed by atoms with Crippen LogP contribution in [-0.4, -0.2) is 10.9 Å². The molecule has 0 fully saturated rings. The number of fused-ring (bicyclic) bond motifs is 1. The van der Waals surface area contributed by atoms with E-state index in [2.05, 4.69) is 10.3 Å². The Bertz CT molecular complexity index is 1080. The van der Waals surface area contributed by atoms with Gasteiger partial charge in [0.15, 0.2) is 5.13 Å². The Kier molecular flexibility index (Phi) is 5.04. The molecule has 0 radical (unpaired) electrons. The minimum atomic E-state index is -0.258. The summed E-state index contributed by atoms with van der Waals surface area (Å²) in [6.45, 7) is 1.99. The average Bonchev–Trinajstić information content (AvgIpc) is 2.99. The quantitative estimate of drug-likeness (QED) is 0.671. The summed E-state index contributed by atoms with van der Waals surface area (Å²) in [5.74, 6) is 0.206. The van der Waals surface area contributed by atoms with Crippen LogP contribution in [0.5, 0.6) is 5.75 Å². The third-order valence-corrected chi connectivity index (χ3v) is 5.16. The summed E-state index contributed by atoms with van der Waals surface area (Å²) < 4.78 is 18.6. The lowest BCUT2D eigenvalue weighted by molar-refractivity contribution is -0.112. The number of anilines is 1. The molecule has 0 saturated heterocycles. The van der Waals surface area contributed by atoms with Crippen molar-refractivity contribution in [3.05, 3.63) is 94.0 Å². The smallest absolute Gasteiger partial charge is 0.257 e. The van der Waals surface area contributed by atoms with Crippen LogP contribution in [0.4, 0.5) is 9.52 Å². The third-order valence-electron chi connectivity index (χ3n) is 4.25. The summed E-state index contributed by atoms with van der Waals surface area (Å²) >= 11 is 1.40. The van der Waals surface area contributed by atoms with E-state index in [1.54, 1.807) is 30.5 Å². The molecule has 6 heteroatoms. The number of rotatable bonds is 4. The lowest BCUT2D eigenvalue weighted by Crippen LogP contribution is -2.12. The molecule has 140 valence electrons. The van der Waals surface area contributed by atoms with Gasteiger partial charge in [0.05, 0.1) is 6.26 Å². The number of amides is 1. The highest BCUT2D eigenvalue weighted by Gasteiger charge is 2.14. The first-order chi connectivity index (χ1) is 13.6. The number of halogens is 1. The van der Waals surface area contributed by atoms with Crippen LogP contribution in [0.1, 0.15) is 21.6 Å². The van der Waals surface area contributed by atoms with Gasteiger partial charge in [-0.25, -0.2) is 9.37 Å². The Morgan fingerprint density at radius 1 is 1.21 bits per heavy atom. The molecule has 28 heavy (non-hydrogen) atoms. The number of ether oxygens (including phenoxy) is 1. The van der Waals surface area contributed by atoms with Gasteiger partial charge in [0.2, 0.25) is 0 Å². The summed E-state index contributed by atoms with van der Waals surface area (Å²) in [6, 6.07) is 12.2. The van der Waals surface area contributed by atoms with E-state index in [0.717, 1.165) is 27.3 Å². The van der Waals surface area contributed by atoms with Crippen LogP contribution in [0.25, 0.3) is 6.08 Å². The molecule has 3 aromatic rings. The van der Waals surface area contributed by atoms with E-state index in [-0.39, 0.29) is 11.7 Å². The van der Waals surface area contributed by atoms with E-state index >= 15 is 0 Å². The Morgan fingerprint density at radius 3 is 2.86 bits per heavy atom. The van der Waals surface area contributed by atoms with E-state index < -0.39 is 0 Å². The molecule has 0 spiro atoms. The van der Waals surface area contributed by atoms with E-state index in [9.17, 15) is 9.18 Å². The van der Waals surface area contributed by atoms with Crippen LogP contribution in [0.3, 0.4) is 0 Å². The number of hydrogen-bond acceptors (Lipinski definition) is 4. The van der Waals surface area contributed by atoms with Crippen molar-refractivity contribution in [2.45, 2.75) is 13.3 Å². The van der Waals surface area contributed by atoms with Gasteiger partial charge in [0.25, 0.3) is 5.91 Å². The van der Waals surface area contributed by atoms with E-state index in [0.29, 0.717) is 17.1 Å². The van der Waals surface area contributed by atoms with Crippen LogP contribution in [0.2, 0.25) is 0 Å². The van der Waals surface area contributed by atoms with Gasteiger partial charge in [-0.15, -0.1) is 11.3 Å². The summed E-state index contributed by atoms with van der Waals surface area (Å²) in [4.78, 5) is 17.9. The summed E-state index contributed by atoms with van der Waals surface area (Å²) in [5.41, 5.74) is 3.40. The van der Waals surface area contributed by atoms with Crippen LogP contribution >= 0.6 is 11.3 Å². The second-order valence-corrected chi connectivity index (χ2v) is 7.57. The zero-order chi connectivity index (χ0) is 19.5. The molecule has 2 heterocycles. The molecule has 4 nitrogen and oxygen atoms in total. The minimum absolute atomic E-state index is 0.254. The summed E-state index contributed by atoms with van der Waals surface area (Å²) in [6.07, 6.45) is 7.30. The molecule has 2 aromatic carbocycles. The molecule has 0 aliphatic carbocycles. The van der Waals surface area contributed by atoms with E-state index in [1.807, 2.05) is 25.1 Å². The predicted octanol–water partition coefficient (Wildman–Crippen LogP) is 5.11. The third kappa shape index (κ3) is 4.18. The Labute approximate surface area is 166 Å². The van der Waals surface area contributed by atoms with Crippen LogP contribution in [0.15, 0.2) is 66.6 Å². The zero-order valence-electron chi connectivity index (χ0n) is 15.1. The first-order valence-electron chi connectivity index (χ1n) is 8.73. The number of nitrogens with zero attached hydrogens (tertiary/aromatic N) is 1. The fourth-order valence-electron chi connectivity index (χ4n) is 2.82. The van der Waals surface area contributed by atoms with Crippen molar-refractivity contribution in [3.63, 3.8) is 0 Å². The first-order valence-corrected chi connectivity index (χ1v) is 9.54. The second kappa shape index (κ2) is 7.78. The summed E-state index contributed by atoms with van der Waals surface area (Å²) in [7, 11) is 0. The number of nitrogens with one attached hydrogen (secondary N) is 1. The molecule has 1 aliphatic rings. The topological polar surface area (TPSA) is 51.2 Å². The average molecular weight is 392 g/mol. The molecule has 4 rings (SSSR count). The molecule has 0 atom stereocenters. The first kappa shape index (κ1) is 18.1. The Balaban J connectivity index is 1.47. The van der Waals surface area contributed by atoms with Crippen molar-refractivity contribution in [3.8, 4) is 5.75 Å². The highest BCUT2D eigenvalue weighted by Crippen LogP contribution is 2.27. The van der Waals surface area contributed by atoms with Gasteiger partial charge in [-0.2, -0.15) is 0 Å². The maximum absolute atomic E-state index is 13.0. The SMILES string of the molecule is Cc1ccc2c(c1)OC=CC(C(=O)Nc1ncc(Cc3ccc(F)cc3)s1)=C2. The number of carbonyl (C=O) groups is 1. The lowest BCUT2D eigenvalue weighted by Gasteiger charge is -2.04. The van der Waals surface area contributed by atoms with Crippen molar-refractivity contribution < 1.29 is 13.9 Å². The van der Waals surface area contributed by atoms with Crippen LogP contribution in [-0.2, 0) is 11.2 Å². The van der Waals surface area contributed by atoms with Crippen molar-refractivity contribution in [1.29, 1.82) is 0 Å². The molecule has 0 bridgehead atoms. The number of aromatic nitrogens is 1. The molecule has 1 N–H and O–H groups in total. The number of benzene rings is 2. The van der Waals surface area contributed by atoms with E-state index in [4.69, 9.17) is 4.74 Å². The largest absolute Gasteiger partial charge is 0.464 e. The van der Waals surface area contributed by atoms with Gasteiger partial charge in [-0.1, -0.05) is 24.3 Å².